The van der Waals surface area contributed by atoms with Crippen LogP contribution in [-0.2, 0) is 9.59 Å². The number of carbonyl (C=O) groups is 2. The van der Waals surface area contributed by atoms with Gasteiger partial charge in [0.2, 0.25) is 0 Å². The van der Waals surface area contributed by atoms with Crippen molar-refractivity contribution in [2.45, 2.75) is 27.2 Å². The lowest BCUT2D eigenvalue weighted by Gasteiger charge is -2.21. The van der Waals surface area contributed by atoms with Crippen molar-refractivity contribution in [1.82, 2.24) is 10.2 Å². The fraction of sp³-hybridized carbons (Fsp3) is 0.529. The molecule has 22 heavy (non-hydrogen) atoms. The highest BCUT2D eigenvalue weighted by Gasteiger charge is 2.21. The van der Waals surface area contributed by atoms with Crippen molar-refractivity contribution in [2.24, 2.45) is 0 Å². The minimum Gasteiger partial charge on any atom is -0.348 e. The van der Waals surface area contributed by atoms with Crippen molar-refractivity contribution in [3.8, 4) is 0 Å². The average Bonchev–Trinajstić information content (AvgIpc) is 2.56. The van der Waals surface area contributed by atoms with Crippen LogP contribution in [0.15, 0.2) is 30.3 Å². The van der Waals surface area contributed by atoms with Gasteiger partial charge in [-0.2, -0.15) is 0 Å². The molecule has 0 aromatic heterocycles. The molecule has 1 aromatic carbocycles. The average molecular weight is 305 g/mol. The highest BCUT2D eigenvalue weighted by molar-refractivity contribution is 6.40. The molecular weight excluding hydrogens is 278 g/mol. The van der Waals surface area contributed by atoms with Gasteiger partial charge >= 0.3 is 11.8 Å². The minimum atomic E-state index is -0.537. The van der Waals surface area contributed by atoms with Crippen LogP contribution in [0.3, 0.4) is 0 Å². The third kappa shape index (κ3) is 5.48. The minimum absolute atomic E-state index is 0.468. The van der Waals surface area contributed by atoms with Crippen molar-refractivity contribution in [3.05, 3.63) is 30.3 Å². The van der Waals surface area contributed by atoms with Crippen molar-refractivity contribution in [1.29, 1.82) is 0 Å². The van der Waals surface area contributed by atoms with Gasteiger partial charge in [0.05, 0.1) is 0 Å². The maximum atomic E-state index is 12.2. The van der Waals surface area contributed by atoms with E-state index in [2.05, 4.69) is 24.1 Å². The molecule has 0 aliphatic rings. The molecule has 5 nitrogen and oxygen atoms in total. The van der Waals surface area contributed by atoms with Crippen LogP contribution >= 0.6 is 0 Å². The third-order valence-electron chi connectivity index (χ3n) is 3.65. The van der Waals surface area contributed by atoms with Crippen LogP contribution in [0.2, 0.25) is 0 Å². The Labute approximate surface area is 133 Å². The summed E-state index contributed by atoms with van der Waals surface area (Å²) >= 11 is 0. The Balaban J connectivity index is 2.45. The van der Waals surface area contributed by atoms with Crippen molar-refractivity contribution in [2.75, 3.05) is 37.6 Å². The molecule has 0 aliphatic heterocycles. The predicted molar refractivity (Wildman–Crippen MR) is 89.9 cm³/mol. The second-order valence-corrected chi connectivity index (χ2v) is 5.02. The first-order valence-corrected chi connectivity index (χ1v) is 8.01. The zero-order valence-electron chi connectivity index (χ0n) is 13.8. The van der Waals surface area contributed by atoms with E-state index in [1.807, 2.05) is 37.3 Å². The first-order valence-electron chi connectivity index (χ1n) is 8.01. The molecule has 2 amide bonds. The number of nitrogens with zero attached hydrogens (tertiary/aromatic N) is 2. The molecule has 1 aromatic rings. The van der Waals surface area contributed by atoms with Gasteiger partial charge in [0.25, 0.3) is 0 Å². The Kier molecular flexibility index (Phi) is 8.22. The number of hydrogen-bond donors (Lipinski definition) is 1. The van der Waals surface area contributed by atoms with E-state index in [0.29, 0.717) is 13.1 Å². The molecule has 1 N–H and O–H groups in total. The summed E-state index contributed by atoms with van der Waals surface area (Å²) in [7, 11) is 0. The van der Waals surface area contributed by atoms with Gasteiger partial charge in [-0.3, -0.25) is 9.59 Å². The molecular formula is C17H27N3O2. The number of likely N-dealkylation sites (N-methyl/N-ethyl adjacent to an activating group) is 1. The van der Waals surface area contributed by atoms with E-state index < -0.39 is 11.8 Å². The molecule has 0 radical (unpaired) electrons. The lowest BCUT2D eigenvalue weighted by molar-refractivity contribution is -0.137. The molecule has 0 unspecified atom stereocenters. The van der Waals surface area contributed by atoms with Crippen molar-refractivity contribution < 1.29 is 9.59 Å². The summed E-state index contributed by atoms with van der Waals surface area (Å²) in [5.41, 5.74) is 0.744. The van der Waals surface area contributed by atoms with E-state index in [-0.39, 0.29) is 0 Å². The smallest absolute Gasteiger partial charge is 0.316 e. The lowest BCUT2D eigenvalue weighted by Crippen LogP contribution is -2.43. The van der Waals surface area contributed by atoms with Gasteiger partial charge in [-0.1, -0.05) is 32.0 Å². The number of benzene rings is 1. The van der Waals surface area contributed by atoms with Gasteiger partial charge in [0.15, 0.2) is 0 Å². The molecule has 0 fully saturated rings. The second kappa shape index (κ2) is 9.95. The zero-order valence-corrected chi connectivity index (χ0v) is 13.8. The van der Waals surface area contributed by atoms with Crippen molar-refractivity contribution >= 4 is 17.5 Å². The summed E-state index contributed by atoms with van der Waals surface area (Å²) in [6.45, 7) is 10.0. The molecule has 5 heteroatoms. The highest BCUT2D eigenvalue weighted by Crippen LogP contribution is 2.12. The number of amides is 2. The molecule has 1 rings (SSSR count). The molecule has 0 heterocycles. The molecule has 0 atom stereocenters. The van der Waals surface area contributed by atoms with Crippen LogP contribution in [0.1, 0.15) is 27.2 Å². The number of anilines is 1. The van der Waals surface area contributed by atoms with Crippen LogP contribution in [-0.4, -0.2) is 49.4 Å². The van der Waals surface area contributed by atoms with Crippen molar-refractivity contribution in [3.63, 3.8) is 0 Å². The van der Waals surface area contributed by atoms with Gasteiger partial charge in [-0.05, 0) is 45.1 Å². The number of nitrogens with one attached hydrogen (secondary N) is 1. The summed E-state index contributed by atoms with van der Waals surface area (Å²) in [6, 6.07) is 9.25. The Morgan fingerprint density at radius 3 is 2.18 bits per heavy atom. The summed E-state index contributed by atoms with van der Waals surface area (Å²) in [5, 5.41) is 2.71. The van der Waals surface area contributed by atoms with Gasteiger partial charge in [-0.15, -0.1) is 0 Å². The molecule has 0 saturated heterocycles. The highest BCUT2D eigenvalue weighted by atomic mass is 16.2. The summed E-state index contributed by atoms with van der Waals surface area (Å²) in [6.07, 6.45) is 0.845. The van der Waals surface area contributed by atoms with Crippen LogP contribution < -0.4 is 10.2 Å². The standard InChI is InChI=1S/C17H27N3O2/c1-4-19(5-2)14-10-13-18-16(21)17(22)20(6-3)15-11-8-7-9-12-15/h7-9,11-12H,4-6,10,13-14H2,1-3H3,(H,18,21). The van der Waals surface area contributed by atoms with Crippen LogP contribution in [0, 0.1) is 0 Å². The number of rotatable bonds is 8. The monoisotopic (exact) mass is 305 g/mol. The van der Waals surface area contributed by atoms with E-state index >= 15 is 0 Å². The van der Waals surface area contributed by atoms with E-state index in [1.54, 1.807) is 0 Å². The summed E-state index contributed by atoms with van der Waals surface area (Å²) < 4.78 is 0. The number of carbonyl (C=O) groups excluding carboxylic acids is 2. The number of hydrogen-bond acceptors (Lipinski definition) is 3. The second-order valence-electron chi connectivity index (χ2n) is 5.02. The first kappa shape index (κ1) is 18.2. The first-order chi connectivity index (χ1) is 10.6. The van der Waals surface area contributed by atoms with E-state index in [0.717, 1.165) is 31.7 Å². The topological polar surface area (TPSA) is 52.7 Å². The fourth-order valence-electron chi connectivity index (χ4n) is 2.29. The van der Waals surface area contributed by atoms with E-state index in [1.165, 1.54) is 4.90 Å². The van der Waals surface area contributed by atoms with Gasteiger partial charge in [0, 0.05) is 18.8 Å². The summed E-state index contributed by atoms with van der Waals surface area (Å²) in [5.74, 6) is -1.04. The SMILES string of the molecule is CCN(CC)CCCNC(=O)C(=O)N(CC)c1ccccc1. The third-order valence-corrected chi connectivity index (χ3v) is 3.65. The Morgan fingerprint density at radius 2 is 1.64 bits per heavy atom. The fourth-order valence-corrected chi connectivity index (χ4v) is 2.29. The van der Waals surface area contributed by atoms with Gasteiger partial charge in [0.1, 0.15) is 0 Å². The Bertz CT molecular complexity index is 458. The van der Waals surface area contributed by atoms with Crippen LogP contribution in [0.4, 0.5) is 5.69 Å². The quantitative estimate of drug-likeness (QED) is 0.589. The van der Waals surface area contributed by atoms with Gasteiger partial charge in [-0.25, -0.2) is 0 Å². The largest absolute Gasteiger partial charge is 0.348 e. The molecule has 122 valence electrons. The zero-order chi connectivity index (χ0) is 16.4. The van der Waals surface area contributed by atoms with Gasteiger partial charge < -0.3 is 15.1 Å². The van der Waals surface area contributed by atoms with E-state index in [9.17, 15) is 9.59 Å². The molecule has 0 aliphatic carbocycles. The number of para-hydroxylation sites is 1. The molecule has 0 bridgehead atoms. The lowest BCUT2D eigenvalue weighted by atomic mass is 10.2. The Hall–Kier alpha value is -1.88. The van der Waals surface area contributed by atoms with E-state index in [4.69, 9.17) is 0 Å². The molecule has 0 saturated carbocycles. The normalized spacial score (nSPS) is 10.5. The Morgan fingerprint density at radius 1 is 1.00 bits per heavy atom. The van der Waals surface area contributed by atoms with Crippen LogP contribution in [0.25, 0.3) is 0 Å². The maximum Gasteiger partial charge on any atom is 0.316 e. The molecule has 0 spiro atoms. The van der Waals surface area contributed by atoms with Crippen LogP contribution in [0.5, 0.6) is 0 Å². The summed E-state index contributed by atoms with van der Waals surface area (Å²) in [4.78, 5) is 28.0. The predicted octanol–water partition coefficient (Wildman–Crippen LogP) is 1.89. The maximum absolute atomic E-state index is 12.2.